The zero-order chi connectivity index (χ0) is 11.2. The summed E-state index contributed by atoms with van der Waals surface area (Å²) in [5.41, 5.74) is 8.87. The maximum Gasteiger partial charge on any atom is 0.0580 e. The van der Waals surface area contributed by atoms with Gasteiger partial charge in [0, 0.05) is 6.54 Å². The van der Waals surface area contributed by atoms with E-state index in [2.05, 4.69) is 35.6 Å². The molecule has 16 heavy (non-hydrogen) atoms. The molecular formula is C14H15N2. The quantitative estimate of drug-likeness (QED) is 0.763. The monoisotopic (exact) mass is 211 g/mol. The summed E-state index contributed by atoms with van der Waals surface area (Å²) in [6.07, 6.45) is 0.995. The van der Waals surface area contributed by atoms with Crippen LogP contribution in [0.5, 0.6) is 0 Å². The first-order valence-electron chi connectivity index (χ1n) is 5.39. The lowest BCUT2D eigenvalue weighted by atomic mass is 10.1. The molecule has 2 rings (SSSR count). The van der Waals surface area contributed by atoms with Crippen LogP contribution >= 0.6 is 0 Å². The van der Waals surface area contributed by atoms with Crippen molar-refractivity contribution in [3.63, 3.8) is 0 Å². The largest absolute Gasteiger partial charge is 0.397 e. The standard InChI is InChI=1S/C14H15N2/c15-13-8-4-5-9-14(13)16-11-10-12-6-2-1-3-7-12/h1-4,6-9,16H,10-11,15H2. The summed E-state index contributed by atoms with van der Waals surface area (Å²) in [5, 5.41) is 3.31. The highest BCUT2D eigenvalue weighted by atomic mass is 14.9. The lowest BCUT2D eigenvalue weighted by Crippen LogP contribution is -2.06. The molecule has 0 unspecified atom stereocenters. The average molecular weight is 211 g/mol. The highest BCUT2D eigenvalue weighted by Crippen LogP contribution is 2.16. The predicted molar refractivity (Wildman–Crippen MR) is 68.3 cm³/mol. The molecule has 3 N–H and O–H groups in total. The summed E-state index contributed by atoms with van der Waals surface area (Å²) in [6, 6.07) is 18.9. The lowest BCUT2D eigenvalue weighted by molar-refractivity contribution is 1.02. The van der Waals surface area contributed by atoms with Gasteiger partial charge in [0.15, 0.2) is 0 Å². The summed E-state index contributed by atoms with van der Waals surface area (Å²) in [5.74, 6) is 0. The summed E-state index contributed by atoms with van der Waals surface area (Å²) in [4.78, 5) is 0. The third kappa shape index (κ3) is 2.76. The van der Waals surface area contributed by atoms with Crippen molar-refractivity contribution >= 4 is 11.4 Å². The molecule has 2 aromatic rings. The molecule has 0 aliphatic rings. The molecule has 0 bridgehead atoms. The minimum absolute atomic E-state index is 0.770. The number of nitrogens with two attached hydrogens (primary N) is 1. The Morgan fingerprint density at radius 3 is 2.69 bits per heavy atom. The third-order valence-corrected chi connectivity index (χ3v) is 2.47. The molecule has 0 atom stereocenters. The number of nitrogen functional groups attached to an aromatic ring is 1. The van der Waals surface area contributed by atoms with Gasteiger partial charge in [0.05, 0.1) is 11.4 Å². The van der Waals surface area contributed by atoms with Crippen LogP contribution in [-0.4, -0.2) is 6.54 Å². The normalized spacial score (nSPS) is 10.0. The van der Waals surface area contributed by atoms with Gasteiger partial charge in [0.1, 0.15) is 0 Å². The molecule has 0 amide bonds. The van der Waals surface area contributed by atoms with Crippen molar-refractivity contribution in [1.29, 1.82) is 0 Å². The molecule has 0 saturated carbocycles. The van der Waals surface area contributed by atoms with E-state index in [-0.39, 0.29) is 0 Å². The summed E-state index contributed by atoms with van der Waals surface area (Å²) in [6.45, 7) is 0.881. The van der Waals surface area contributed by atoms with Crippen LogP contribution in [0.2, 0.25) is 0 Å². The van der Waals surface area contributed by atoms with Gasteiger partial charge in [-0.2, -0.15) is 0 Å². The van der Waals surface area contributed by atoms with Gasteiger partial charge in [0.2, 0.25) is 0 Å². The highest BCUT2D eigenvalue weighted by Gasteiger charge is 1.96. The predicted octanol–water partition coefficient (Wildman–Crippen LogP) is 2.72. The second-order valence-electron chi connectivity index (χ2n) is 3.68. The first kappa shape index (κ1) is 10.6. The Morgan fingerprint density at radius 2 is 1.94 bits per heavy atom. The summed E-state index contributed by atoms with van der Waals surface area (Å²) < 4.78 is 0. The van der Waals surface area contributed by atoms with E-state index in [0.717, 1.165) is 24.3 Å². The van der Waals surface area contributed by atoms with Gasteiger partial charge >= 0.3 is 0 Å². The second-order valence-corrected chi connectivity index (χ2v) is 3.68. The second kappa shape index (κ2) is 5.21. The molecule has 0 heterocycles. The SMILES string of the molecule is Nc1cc[c]cc1NCCc1ccccc1. The van der Waals surface area contributed by atoms with Gasteiger partial charge in [-0.05, 0) is 30.2 Å². The van der Waals surface area contributed by atoms with E-state index >= 15 is 0 Å². The number of hydrogen-bond acceptors (Lipinski definition) is 2. The number of anilines is 2. The Kier molecular flexibility index (Phi) is 3.44. The molecule has 2 nitrogen and oxygen atoms in total. The molecule has 0 fully saturated rings. The Hall–Kier alpha value is -1.96. The number of nitrogens with one attached hydrogen (secondary N) is 1. The Bertz CT molecular complexity index is 437. The maximum atomic E-state index is 5.82. The molecule has 1 radical (unpaired) electrons. The molecule has 0 aromatic heterocycles. The fourth-order valence-corrected chi connectivity index (χ4v) is 1.58. The Morgan fingerprint density at radius 1 is 1.12 bits per heavy atom. The molecule has 81 valence electrons. The van der Waals surface area contributed by atoms with Crippen molar-refractivity contribution in [2.24, 2.45) is 0 Å². The van der Waals surface area contributed by atoms with Crippen LogP contribution in [0.1, 0.15) is 5.56 Å². The molecule has 2 aromatic carbocycles. The lowest BCUT2D eigenvalue weighted by Gasteiger charge is -2.08. The first-order chi connectivity index (χ1) is 7.86. The van der Waals surface area contributed by atoms with E-state index in [0.29, 0.717) is 0 Å². The minimum atomic E-state index is 0.770. The number of benzene rings is 2. The van der Waals surface area contributed by atoms with E-state index in [1.54, 1.807) is 0 Å². The average Bonchev–Trinajstić information content (AvgIpc) is 2.33. The number of hydrogen-bond donors (Lipinski definition) is 2. The summed E-state index contributed by atoms with van der Waals surface area (Å²) >= 11 is 0. The van der Waals surface area contributed by atoms with Crippen LogP contribution in [0.4, 0.5) is 11.4 Å². The molecule has 0 saturated heterocycles. The van der Waals surface area contributed by atoms with Crippen molar-refractivity contribution in [2.75, 3.05) is 17.6 Å². The van der Waals surface area contributed by atoms with Crippen LogP contribution in [0, 0.1) is 6.07 Å². The minimum Gasteiger partial charge on any atom is -0.397 e. The fourth-order valence-electron chi connectivity index (χ4n) is 1.58. The molecular weight excluding hydrogens is 196 g/mol. The van der Waals surface area contributed by atoms with Crippen molar-refractivity contribution in [3.8, 4) is 0 Å². The van der Waals surface area contributed by atoms with Crippen molar-refractivity contribution in [3.05, 3.63) is 60.2 Å². The van der Waals surface area contributed by atoms with Gasteiger partial charge in [-0.3, -0.25) is 0 Å². The van der Waals surface area contributed by atoms with Crippen molar-refractivity contribution in [2.45, 2.75) is 6.42 Å². The van der Waals surface area contributed by atoms with Gasteiger partial charge in [-0.15, -0.1) is 0 Å². The van der Waals surface area contributed by atoms with Gasteiger partial charge < -0.3 is 11.1 Å². The smallest absolute Gasteiger partial charge is 0.0580 e. The van der Waals surface area contributed by atoms with Gasteiger partial charge in [-0.1, -0.05) is 36.4 Å². The van der Waals surface area contributed by atoms with Crippen LogP contribution in [0.25, 0.3) is 0 Å². The van der Waals surface area contributed by atoms with Crippen LogP contribution in [0.3, 0.4) is 0 Å². The van der Waals surface area contributed by atoms with Crippen molar-refractivity contribution in [1.82, 2.24) is 0 Å². The third-order valence-electron chi connectivity index (χ3n) is 2.47. The van der Waals surface area contributed by atoms with Crippen LogP contribution in [-0.2, 0) is 6.42 Å². The molecule has 2 heteroatoms. The number of rotatable bonds is 4. The van der Waals surface area contributed by atoms with Crippen LogP contribution in [0.15, 0.2) is 48.5 Å². The van der Waals surface area contributed by atoms with Crippen LogP contribution < -0.4 is 11.1 Å². The summed E-state index contributed by atoms with van der Waals surface area (Å²) in [7, 11) is 0. The fraction of sp³-hybridized carbons (Fsp3) is 0.143. The zero-order valence-electron chi connectivity index (χ0n) is 9.11. The first-order valence-corrected chi connectivity index (χ1v) is 5.39. The Balaban J connectivity index is 1.87. The maximum absolute atomic E-state index is 5.82. The molecule has 0 aliphatic heterocycles. The van der Waals surface area contributed by atoms with E-state index in [1.807, 2.05) is 24.3 Å². The van der Waals surface area contributed by atoms with E-state index in [4.69, 9.17) is 5.73 Å². The zero-order valence-corrected chi connectivity index (χ0v) is 9.11. The van der Waals surface area contributed by atoms with Gasteiger partial charge in [-0.25, -0.2) is 0 Å². The van der Waals surface area contributed by atoms with Crippen molar-refractivity contribution < 1.29 is 0 Å². The molecule has 0 aliphatic carbocycles. The Labute approximate surface area is 96.1 Å². The molecule has 0 spiro atoms. The van der Waals surface area contributed by atoms with E-state index in [9.17, 15) is 0 Å². The van der Waals surface area contributed by atoms with E-state index < -0.39 is 0 Å². The topological polar surface area (TPSA) is 38.0 Å². The highest BCUT2D eigenvalue weighted by molar-refractivity contribution is 5.65. The van der Waals surface area contributed by atoms with Gasteiger partial charge in [0.25, 0.3) is 0 Å². The van der Waals surface area contributed by atoms with E-state index in [1.165, 1.54) is 5.56 Å².